The van der Waals surface area contributed by atoms with Crippen LogP contribution in [0.4, 0.5) is 0 Å². The minimum Gasteiger partial charge on any atom is -0.496 e. The number of halogens is 1. The van der Waals surface area contributed by atoms with Gasteiger partial charge in [-0.1, -0.05) is 18.2 Å². The summed E-state index contributed by atoms with van der Waals surface area (Å²) >= 11 is 1.19. The first kappa shape index (κ1) is 25.7. The molecule has 0 spiro atoms. The number of rotatable bonds is 10. The molecule has 1 heterocycles. The number of ether oxygens (including phenoxy) is 1. The molecule has 7 nitrogen and oxygen atoms in total. The van der Waals surface area contributed by atoms with Crippen molar-refractivity contribution in [3.8, 4) is 5.75 Å². The number of sulfonamides is 1. The molecule has 0 bridgehead atoms. The van der Waals surface area contributed by atoms with Gasteiger partial charge in [0, 0.05) is 19.6 Å². The third-order valence-electron chi connectivity index (χ3n) is 3.96. The molecule has 0 amide bonds. The predicted molar refractivity (Wildman–Crippen MR) is 130 cm³/mol. The molecule has 0 fully saturated rings. The van der Waals surface area contributed by atoms with Crippen molar-refractivity contribution in [2.75, 3.05) is 33.3 Å². The molecule has 0 saturated carbocycles. The van der Waals surface area contributed by atoms with Crippen LogP contribution in [0.25, 0.3) is 0 Å². The molecule has 0 saturated heterocycles. The average Bonchev–Trinajstić information content (AvgIpc) is 3.22. The zero-order valence-electron chi connectivity index (χ0n) is 16.9. The molecular formula is C19H29IN4O3S2. The Hall–Kier alpha value is -1.37. The van der Waals surface area contributed by atoms with Crippen LogP contribution in [0.1, 0.15) is 18.1 Å². The van der Waals surface area contributed by atoms with Crippen molar-refractivity contribution in [2.45, 2.75) is 24.5 Å². The van der Waals surface area contributed by atoms with Crippen molar-refractivity contribution in [1.29, 1.82) is 0 Å². The van der Waals surface area contributed by atoms with Crippen LogP contribution >= 0.6 is 35.3 Å². The van der Waals surface area contributed by atoms with Gasteiger partial charge in [-0.15, -0.1) is 35.3 Å². The van der Waals surface area contributed by atoms with Crippen LogP contribution in [0.2, 0.25) is 0 Å². The van der Waals surface area contributed by atoms with E-state index in [-0.39, 0.29) is 30.5 Å². The smallest absolute Gasteiger partial charge is 0.250 e. The zero-order chi connectivity index (χ0) is 20.4. The second-order valence-corrected chi connectivity index (χ2v) is 9.01. The van der Waals surface area contributed by atoms with Gasteiger partial charge < -0.3 is 15.4 Å². The van der Waals surface area contributed by atoms with Crippen LogP contribution in [0.5, 0.6) is 5.75 Å². The topological polar surface area (TPSA) is 91.8 Å². The first-order chi connectivity index (χ1) is 13.5. The minimum atomic E-state index is -3.44. The van der Waals surface area contributed by atoms with Gasteiger partial charge in [0.05, 0.1) is 13.7 Å². The van der Waals surface area contributed by atoms with E-state index in [9.17, 15) is 8.42 Å². The summed E-state index contributed by atoms with van der Waals surface area (Å²) in [5, 5.41) is 8.17. The number of hydrogen-bond acceptors (Lipinski definition) is 5. The van der Waals surface area contributed by atoms with Crippen LogP contribution in [-0.2, 0) is 16.4 Å². The van der Waals surface area contributed by atoms with E-state index in [1.165, 1.54) is 16.9 Å². The summed E-state index contributed by atoms with van der Waals surface area (Å²) in [4.78, 5) is 4.42. The van der Waals surface area contributed by atoms with Gasteiger partial charge in [-0.2, -0.15) is 0 Å². The fourth-order valence-corrected chi connectivity index (χ4v) is 4.58. The summed E-state index contributed by atoms with van der Waals surface area (Å²) in [5.41, 5.74) is 2.29. The number of methoxy groups -OCH3 is 1. The summed E-state index contributed by atoms with van der Waals surface area (Å²) < 4.78 is 32.4. The Labute approximate surface area is 194 Å². The van der Waals surface area contributed by atoms with Gasteiger partial charge in [0.25, 0.3) is 0 Å². The van der Waals surface area contributed by atoms with Gasteiger partial charge >= 0.3 is 0 Å². The van der Waals surface area contributed by atoms with E-state index >= 15 is 0 Å². The highest BCUT2D eigenvalue weighted by Gasteiger charge is 2.13. The number of benzene rings is 1. The maximum absolute atomic E-state index is 12.1. The highest BCUT2D eigenvalue weighted by Crippen LogP contribution is 2.19. The van der Waals surface area contributed by atoms with Crippen molar-refractivity contribution >= 4 is 51.3 Å². The number of hydrogen-bond donors (Lipinski definition) is 3. The largest absolute Gasteiger partial charge is 0.496 e. The molecule has 0 aliphatic rings. The van der Waals surface area contributed by atoms with Crippen molar-refractivity contribution in [3.63, 3.8) is 0 Å². The molecule has 2 rings (SSSR count). The van der Waals surface area contributed by atoms with E-state index in [4.69, 9.17) is 4.74 Å². The van der Waals surface area contributed by atoms with E-state index in [2.05, 4.69) is 26.4 Å². The van der Waals surface area contributed by atoms with E-state index in [1.807, 2.05) is 26.0 Å². The van der Waals surface area contributed by atoms with Crippen LogP contribution in [-0.4, -0.2) is 47.7 Å². The summed E-state index contributed by atoms with van der Waals surface area (Å²) in [6.07, 6.45) is 0.825. The quantitative estimate of drug-likeness (QED) is 0.183. The second-order valence-electron chi connectivity index (χ2n) is 6.07. The Balaban J connectivity index is 0.00000420. The lowest BCUT2D eigenvalue weighted by molar-refractivity contribution is 0.411. The van der Waals surface area contributed by atoms with Crippen LogP contribution in [0.15, 0.2) is 44.9 Å². The fraction of sp³-hybridized carbons (Fsp3) is 0.421. The van der Waals surface area contributed by atoms with Crippen LogP contribution in [0.3, 0.4) is 0 Å². The molecule has 0 atom stereocenters. The molecule has 10 heteroatoms. The van der Waals surface area contributed by atoms with E-state index in [1.54, 1.807) is 24.6 Å². The van der Waals surface area contributed by atoms with Gasteiger partial charge in [0.1, 0.15) is 9.96 Å². The molecule has 29 heavy (non-hydrogen) atoms. The molecule has 1 aromatic carbocycles. The Bertz CT molecular complexity index is 872. The van der Waals surface area contributed by atoms with Crippen molar-refractivity contribution < 1.29 is 13.2 Å². The normalized spacial score (nSPS) is 11.6. The molecule has 0 radical (unpaired) electrons. The molecule has 2 aromatic rings. The van der Waals surface area contributed by atoms with Crippen LogP contribution in [0, 0.1) is 6.92 Å². The minimum absolute atomic E-state index is 0. The number of nitrogens with one attached hydrogen (secondary N) is 3. The molecule has 1 aromatic heterocycles. The van der Waals surface area contributed by atoms with Gasteiger partial charge in [-0.3, -0.25) is 4.99 Å². The van der Waals surface area contributed by atoms with Gasteiger partial charge in [-0.25, -0.2) is 13.1 Å². The summed E-state index contributed by atoms with van der Waals surface area (Å²) in [7, 11) is -1.77. The third-order valence-corrected chi connectivity index (χ3v) is 6.82. The first-order valence-electron chi connectivity index (χ1n) is 9.15. The van der Waals surface area contributed by atoms with Crippen molar-refractivity contribution in [2.24, 2.45) is 4.99 Å². The summed E-state index contributed by atoms with van der Waals surface area (Å²) in [6, 6.07) is 9.48. The number of guanidine groups is 1. The van der Waals surface area contributed by atoms with Gasteiger partial charge in [-0.05, 0) is 48.9 Å². The van der Waals surface area contributed by atoms with Crippen LogP contribution < -0.4 is 20.1 Å². The maximum atomic E-state index is 12.1. The van der Waals surface area contributed by atoms with E-state index < -0.39 is 10.0 Å². The molecule has 162 valence electrons. The monoisotopic (exact) mass is 552 g/mol. The molecule has 3 N–H and O–H groups in total. The number of thiophene rings is 1. The highest BCUT2D eigenvalue weighted by atomic mass is 127. The zero-order valence-corrected chi connectivity index (χ0v) is 20.9. The molecule has 0 unspecified atom stereocenters. The number of aliphatic imine (C=N–C) groups is 1. The third kappa shape index (κ3) is 8.49. The lowest BCUT2D eigenvalue weighted by Gasteiger charge is -2.12. The van der Waals surface area contributed by atoms with E-state index in [0.29, 0.717) is 23.3 Å². The molecular weight excluding hydrogens is 523 g/mol. The Morgan fingerprint density at radius 1 is 1.21 bits per heavy atom. The Kier molecular flexibility index (Phi) is 11.5. The second kappa shape index (κ2) is 13.0. The summed E-state index contributed by atoms with van der Waals surface area (Å²) in [6.45, 7) is 6.03. The Morgan fingerprint density at radius 2 is 2.00 bits per heavy atom. The summed E-state index contributed by atoms with van der Waals surface area (Å²) in [5.74, 6) is 1.55. The molecule has 0 aliphatic heterocycles. The number of nitrogens with zero attached hydrogens (tertiary/aromatic N) is 1. The van der Waals surface area contributed by atoms with Gasteiger partial charge in [0.2, 0.25) is 10.0 Å². The highest BCUT2D eigenvalue weighted by molar-refractivity contribution is 14.0. The average molecular weight is 553 g/mol. The van der Waals surface area contributed by atoms with Gasteiger partial charge in [0.15, 0.2) is 5.96 Å². The van der Waals surface area contributed by atoms with Crippen molar-refractivity contribution in [3.05, 3.63) is 46.8 Å². The first-order valence-corrected chi connectivity index (χ1v) is 11.5. The lowest BCUT2D eigenvalue weighted by atomic mass is 10.1. The maximum Gasteiger partial charge on any atom is 0.250 e. The predicted octanol–water partition coefficient (Wildman–Crippen LogP) is 2.76. The molecule has 0 aliphatic carbocycles. The number of aryl methyl sites for hydroxylation is 1. The fourth-order valence-electron chi connectivity index (χ4n) is 2.52. The lowest BCUT2D eigenvalue weighted by Crippen LogP contribution is -2.39. The van der Waals surface area contributed by atoms with E-state index in [0.717, 1.165) is 24.3 Å². The Morgan fingerprint density at radius 3 is 2.66 bits per heavy atom. The standard InChI is InChI=1S/C19H28N4O3S2.HI/c1-4-20-19(21-10-9-16-8-7-15(2)17(14-16)26-3)22-11-12-23-28(24,25)18-6-5-13-27-18;/h5-8,13-14,23H,4,9-12H2,1-3H3,(H2,20,21,22);1H. The van der Waals surface area contributed by atoms with Crippen molar-refractivity contribution in [1.82, 2.24) is 15.4 Å². The SMILES string of the molecule is CCNC(=NCCNS(=O)(=O)c1cccs1)NCCc1ccc(C)c(OC)c1.I.